The highest BCUT2D eigenvalue weighted by Crippen LogP contribution is 2.27. The SMILES string of the molecule is CC(CNc1ncc(C(C)c2ccccc2)c(N)n1)c1ccccc1. The second-order valence-corrected chi connectivity index (χ2v) is 6.36. The molecule has 0 bridgehead atoms. The predicted molar refractivity (Wildman–Crippen MR) is 104 cm³/mol. The molecule has 128 valence electrons. The first-order valence-corrected chi connectivity index (χ1v) is 8.61. The van der Waals surface area contributed by atoms with E-state index < -0.39 is 0 Å². The summed E-state index contributed by atoms with van der Waals surface area (Å²) in [5, 5.41) is 3.29. The van der Waals surface area contributed by atoms with Crippen LogP contribution in [-0.2, 0) is 0 Å². The number of nitrogens with zero attached hydrogens (tertiary/aromatic N) is 2. The quantitative estimate of drug-likeness (QED) is 0.701. The molecule has 0 aliphatic carbocycles. The van der Waals surface area contributed by atoms with Gasteiger partial charge in [0.1, 0.15) is 5.82 Å². The molecule has 0 amide bonds. The molecule has 0 aliphatic heterocycles. The zero-order valence-corrected chi connectivity index (χ0v) is 14.7. The molecule has 2 atom stereocenters. The Hall–Kier alpha value is -2.88. The summed E-state index contributed by atoms with van der Waals surface area (Å²) in [4.78, 5) is 8.89. The van der Waals surface area contributed by atoms with Gasteiger partial charge in [0.25, 0.3) is 0 Å². The maximum Gasteiger partial charge on any atom is 0.224 e. The van der Waals surface area contributed by atoms with E-state index in [0.717, 1.165) is 12.1 Å². The van der Waals surface area contributed by atoms with Gasteiger partial charge in [0, 0.05) is 24.2 Å². The maximum atomic E-state index is 6.19. The van der Waals surface area contributed by atoms with Gasteiger partial charge < -0.3 is 11.1 Å². The van der Waals surface area contributed by atoms with Crippen molar-refractivity contribution in [2.75, 3.05) is 17.6 Å². The average molecular weight is 332 g/mol. The van der Waals surface area contributed by atoms with Crippen molar-refractivity contribution in [3.63, 3.8) is 0 Å². The number of nitrogens with two attached hydrogens (primary N) is 1. The van der Waals surface area contributed by atoms with Crippen LogP contribution in [0.1, 0.15) is 42.4 Å². The van der Waals surface area contributed by atoms with Crippen LogP contribution in [0.2, 0.25) is 0 Å². The summed E-state index contributed by atoms with van der Waals surface area (Å²) in [6.07, 6.45) is 1.83. The van der Waals surface area contributed by atoms with Gasteiger partial charge in [0.05, 0.1) is 0 Å². The topological polar surface area (TPSA) is 63.8 Å². The maximum absolute atomic E-state index is 6.19. The van der Waals surface area contributed by atoms with Crippen LogP contribution >= 0.6 is 0 Å². The highest BCUT2D eigenvalue weighted by Gasteiger charge is 2.14. The standard InChI is InChI=1S/C21H24N4/c1-15(17-9-5-3-6-10-17)13-23-21-24-14-19(20(22)25-21)16(2)18-11-7-4-8-12-18/h3-12,14-16H,13H2,1-2H3,(H3,22,23,24,25). The second kappa shape index (κ2) is 7.79. The van der Waals surface area contributed by atoms with Crippen LogP contribution in [0.25, 0.3) is 0 Å². The monoisotopic (exact) mass is 332 g/mol. The van der Waals surface area contributed by atoms with E-state index in [1.807, 2.05) is 30.5 Å². The molecule has 3 N–H and O–H groups in total. The van der Waals surface area contributed by atoms with Gasteiger partial charge in [0.15, 0.2) is 0 Å². The van der Waals surface area contributed by atoms with Crippen LogP contribution in [0.5, 0.6) is 0 Å². The van der Waals surface area contributed by atoms with Gasteiger partial charge in [-0.2, -0.15) is 4.98 Å². The Balaban J connectivity index is 1.68. The zero-order valence-electron chi connectivity index (χ0n) is 14.7. The molecule has 0 saturated heterocycles. The van der Waals surface area contributed by atoms with Crippen LogP contribution < -0.4 is 11.1 Å². The number of anilines is 2. The lowest BCUT2D eigenvalue weighted by atomic mass is 9.95. The molecule has 1 aromatic heterocycles. The minimum atomic E-state index is 0.165. The molecule has 0 radical (unpaired) electrons. The summed E-state index contributed by atoms with van der Waals surface area (Å²) >= 11 is 0. The fraction of sp³-hybridized carbons (Fsp3) is 0.238. The molecule has 25 heavy (non-hydrogen) atoms. The van der Waals surface area contributed by atoms with Crippen molar-refractivity contribution in [1.29, 1.82) is 0 Å². The van der Waals surface area contributed by atoms with Gasteiger partial charge in [0.2, 0.25) is 5.95 Å². The van der Waals surface area contributed by atoms with Crippen molar-refractivity contribution in [3.05, 3.63) is 83.6 Å². The van der Waals surface area contributed by atoms with Crippen LogP contribution in [0, 0.1) is 0 Å². The van der Waals surface area contributed by atoms with Crippen molar-refractivity contribution >= 4 is 11.8 Å². The number of hydrogen-bond acceptors (Lipinski definition) is 4. The van der Waals surface area contributed by atoms with Gasteiger partial charge in [-0.1, -0.05) is 74.5 Å². The lowest BCUT2D eigenvalue weighted by molar-refractivity contribution is 0.795. The summed E-state index contributed by atoms with van der Waals surface area (Å²) in [5.74, 6) is 1.64. The Morgan fingerprint density at radius 3 is 2.12 bits per heavy atom. The molecule has 0 aliphatic rings. The number of hydrogen-bond donors (Lipinski definition) is 2. The third-order valence-corrected chi connectivity index (χ3v) is 4.55. The van der Waals surface area contributed by atoms with Crippen molar-refractivity contribution in [2.24, 2.45) is 0 Å². The first kappa shape index (κ1) is 17.0. The molecule has 2 aromatic carbocycles. The normalized spacial score (nSPS) is 13.2. The summed E-state index contributed by atoms with van der Waals surface area (Å²) in [6, 6.07) is 20.7. The van der Waals surface area contributed by atoms with E-state index in [0.29, 0.717) is 17.7 Å². The number of rotatable bonds is 6. The predicted octanol–water partition coefficient (Wildman–Crippen LogP) is 4.43. The number of aromatic nitrogens is 2. The molecule has 0 saturated carbocycles. The third kappa shape index (κ3) is 4.15. The fourth-order valence-corrected chi connectivity index (χ4v) is 2.89. The molecule has 0 fully saturated rings. The molecule has 3 rings (SSSR count). The minimum absolute atomic E-state index is 0.165. The Kier molecular flexibility index (Phi) is 5.29. The van der Waals surface area contributed by atoms with Crippen LogP contribution in [0.15, 0.2) is 66.9 Å². The molecule has 1 heterocycles. The zero-order chi connectivity index (χ0) is 17.6. The third-order valence-electron chi connectivity index (χ3n) is 4.55. The van der Waals surface area contributed by atoms with E-state index in [1.165, 1.54) is 11.1 Å². The smallest absolute Gasteiger partial charge is 0.224 e. The number of nitrogens with one attached hydrogen (secondary N) is 1. The van der Waals surface area contributed by atoms with Crippen molar-refractivity contribution < 1.29 is 0 Å². The summed E-state index contributed by atoms with van der Waals surface area (Å²) in [7, 11) is 0. The van der Waals surface area contributed by atoms with Gasteiger partial charge in [-0.3, -0.25) is 0 Å². The molecule has 4 nitrogen and oxygen atoms in total. The summed E-state index contributed by atoms with van der Waals surface area (Å²) in [6.45, 7) is 5.06. The van der Waals surface area contributed by atoms with Crippen molar-refractivity contribution in [2.45, 2.75) is 25.7 Å². The van der Waals surface area contributed by atoms with Gasteiger partial charge in [-0.15, -0.1) is 0 Å². The van der Waals surface area contributed by atoms with Gasteiger partial charge in [-0.25, -0.2) is 4.98 Å². The Morgan fingerprint density at radius 1 is 0.920 bits per heavy atom. The van der Waals surface area contributed by atoms with Gasteiger partial charge in [-0.05, 0) is 17.0 Å². The lowest BCUT2D eigenvalue weighted by Crippen LogP contribution is -2.13. The van der Waals surface area contributed by atoms with Crippen molar-refractivity contribution in [1.82, 2.24) is 9.97 Å². The largest absolute Gasteiger partial charge is 0.383 e. The molecular formula is C21H24N4. The van der Waals surface area contributed by atoms with Gasteiger partial charge >= 0.3 is 0 Å². The Labute approximate surface area is 149 Å². The minimum Gasteiger partial charge on any atom is -0.383 e. The second-order valence-electron chi connectivity index (χ2n) is 6.36. The molecule has 4 heteroatoms. The molecule has 3 aromatic rings. The molecule has 2 unspecified atom stereocenters. The Bertz CT molecular complexity index is 803. The highest BCUT2D eigenvalue weighted by molar-refractivity contribution is 5.48. The molecule has 0 spiro atoms. The summed E-state index contributed by atoms with van der Waals surface area (Å²) in [5.41, 5.74) is 9.63. The van der Waals surface area contributed by atoms with Crippen LogP contribution in [-0.4, -0.2) is 16.5 Å². The number of benzene rings is 2. The van der Waals surface area contributed by atoms with E-state index in [-0.39, 0.29) is 5.92 Å². The van der Waals surface area contributed by atoms with Crippen molar-refractivity contribution in [3.8, 4) is 0 Å². The average Bonchev–Trinajstić information content (AvgIpc) is 2.67. The van der Waals surface area contributed by atoms with Crippen LogP contribution in [0.4, 0.5) is 11.8 Å². The Morgan fingerprint density at radius 2 is 1.52 bits per heavy atom. The summed E-state index contributed by atoms with van der Waals surface area (Å²) < 4.78 is 0. The molecular weight excluding hydrogens is 308 g/mol. The lowest BCUT2D eigenvalue weighted by Gasteiger charge is -2.16. The van der Waals surface area contributed by atoms with Crippen LogP contribution in [0.3, 0.4) is 0 Å². The van der Waals surface area contributed by atoms with E-state index in [9.17, 15) is 0 Å². The first-order chi connectivity index (χ1) is 12.1. The van der Waals surface area contributed by atoms with E-state index in [2.05, 4.69) is 65.5 Å². The van der Waals surface area contributed by atoms with E-state index >= 15 is 0 Å². The van der Waals surface area contributed by atoms with E-state index in [1.54, 1.807) is 0 Å². The number of nitrogen functional groups attached to an aromatic ring is 1. The van der Waals surface area contributed by atoms with E-state index in [4.69, 9.17) is 5.73 Å². The highest BCUT2D eigenvalue weighted by atomic mass is 15.1. The fourth-order valence-electron chi connectivity index (χ4n) is 2.89. The first-order valence-electron chi connectivity index (χ1n) is 8.61.